The quantitative estimate of drug-likeness (QED) is 0.639. The first-order valence-electron chi connectivity index (χ1n) is 6.59. The molecule has 108 valence electrons. The molecule has 0 saturated carbocycles. The number of rotatable bonds is 4. The molecule has 3 heterocycles. The van der Waals surface area contributed by atoms with Gasteiger partial charge in [0.05, 0.1) is 12.4 Å². The molecule has 2 unspecified atom stereocenters. The number of nitrogens with two attached hydrogens (primary N) is 1. The van der Waals surface area contributed by atoms with Crippen LogP contribution in [0, 0.1) is 5.92 Å². The fraction of sp³-hybridized carbons (Fsp3) is 0.583. The molecule has 0 radical (unpaired) electrons. The van der Waals surface area contributed by atoms with Crippen molar-refractivity contribution in [1.29, 1.82) is 0 Å². The maximum Gasteiger partial charge on any atom is 0.167 e. The molecule has 3 N–H and O–H groups in total. The number of anilines is 1. The second-order valence-corrected chi connectivity index (χ2v) is 4.93. The van der Waals surface area contributed by atoms with Crippen molar-refractivity contribution in [2.45, 2.75) is 32.1 Å². The van der Waals surface area contributed by atoms with Gasteiger partial charge in [0.1, 0.15) is 24.7 Å². The van der Waals surface area contributed by atoms with E-state index in [9.17, 15) is 0 Å². The number of ether oxygens (including phenoxy) is 1. The number of nitrogen functional groups attached to an aromatic ring is 1. The Balaban J connectivity index is 1.95. The highest BCUT2D eigenvalue weighted by atomic mass is 17.1. The number of hydrogen-bond acceptors (Lipinski definition) is 7. The van der Waals surface area contributed by atoms with E-state index in [1.807, 2.05) is 4.57 Å². The van der Waals surface area contributed by atoms with Gasteiger partial charge >= 0.3 is 0 Å². The lowest BCUT2D eigenvalue weighted by molar-refractivity contribution is -0.260. The SMILES string of the molecule is CC[C@@H]1CC(COO)OC1n1cnc2c(N)ncnc21. The molecule has 0 aromatic carbocycles. The molecule has 1 fully saturated rings. The normalized spacial score (nSPS) is 26.4. The summed E-state index contributed by atoms with van der Waals surface area (Å²) in [5, 5.41) is 8.57. The first-order chi connectivity index (χ1) is 9.74. The van der Waals surface area contributed by atoms with Crippen molar-refractivity contribution < 1.29 is 14.9 Å². The molecule has 8 heteroatoms. The van der Waals surface area contributed by atoms with Crippen LogP contribution in [0.1, 0.15) is 26.0 Å². The Labute approximate surface area is 115 Å². The Bertz CT molecular complexity index is 602. The van der Waals surface area contributed by atoms with Gasteiger partial charge < -0.3 is 10.5 Å². The van der Waals surface area contributed by atoms with E-state index >= 15 is 0 Å². The molecule has 8 nitrogen and oxygen atoms in total. The molecule has 0 bridgehead atoms. The second-order valence-electron chi connectivity index (χ2n) is 4.93. The topological polar surface area (TPSA) is 108 Å². The lowest BCUT2D eigenvalue weighted by atomic mass is 10.0. The Kier molecular flexibility index (Phi) is 3.51. The third-order valence-electron chi connectivity index (χ3n) is 3.75. The molecule has 1 saturated heterocycles. The first kappa shape index (κ1) is 13.2. The van der Waals surface area contributed by atoms with Crippen LogP contribution in [0.2, 0.25) is 0 Å². The highest BCUT2D eigenvalue weighted by Crippen LogP contribution is 2.38. The van der Waals surface area contributed by atoms with E-state index in [0.717, 1.165) is 12.8 Å². The van der Waals surface area contributed by atoms with Crippen LogP contribution in [-0.2, 0) is 9.62 Å². The van der Waals surface area contributed by atoms with Crippen LogP contribution in [0.4, 0.5) is 5.82 Å². The van der Waals surface area contributed by atoms with Gasteiger partial charge in [-0.1, -0.05) is 6.92 Å². The molecular weight excluding hydrogens is 262 g/mol. The van der Waals surface area contributed by atoms with Crippen molar-refractivity contribution in [3.05, 3.63) is 12.7 Å². The van der Waals surface area contributed by atoms with E-state index in [-0.39, 0.29) is 18.9 Å². The van der Waals surface area contributed by atoms with Crippen LogP contribution in [0.3, 0.4) is 0 Å². The molecule has 0 spiro atoms. The van der Waals surface area contributed by atoms with Crippen molar-refractivity contribution in [1.82, 2.24) is 19.5 Å². The molecule has 20 heavy (non-hydrogen) atoms. The molecule has 2 aromatic rings. The van der Waals surface area contributed by atoms with Crippen molar-refractivity contribution in [3.63, 3.8) is 0 Å². The van der Waals surface area contributed by atoms with Gasteiger partial charge in [-0.05, 0) is 12.8 Å². The van der Waals surface area contributed by atoms with Crippen LogP contribution in [0.15, 0.2) is 12.7 Å². The Morgan fingerprint density at radius 1 is 1.50 bits per heavy atom. The first-order valence-corrected chi connectivity index (χ1v) is 6.59. The summed E-state index contributed by atoms with van der Waals surface area (Å²) >= 11 is 0. The molecule has 3 atom stereocenters. The third kappa shape index (κ3) is 2.11. The average molecular weight is 279 g/mol. The van der Waals surface area contributed by atoms with E-state index in [0.29, 0.717) is 22.9 Å². The lowest BCUT2D eigenvalue weighted by Gasteiger charge is -2.19. The molecule has 3 rings (SSSR count). The Morgan fingerprint density at radius 3 is 3.10 bits per heavy atom. The zero-order chi connectivity index (χ0) is 14.1. The van der Waals surface area contributed by atoms with Crippen molar-refractivity contribution in [2.75, 3.05) is 12.3 Å². The molecule has 2 aromatic heterocycles. The Hall–Kier alpha value is -1.77. The van der Waals surface area contributed by atoms with Gasteiger partial charge in [0, 0.05) is 5.92 Å². The van der Waals surface area contributed by atoms with E-state index in [1.165, 1.54) is 6.33 Å². The minimum absolute atomic E-state index is 0.133. The van der Waals surface area contributed by atoms with Crippen molar-refractivity contribution >= 4 is 17.0 Å². The number of nitrogens with zero attached hydrogens (tertiary/aromatic N) is 4. The average Bonchev–Trinajstić information content (AvgIpc) is 3.03. The Morgan fingerprint density at radius 2 is 2.35 bits per heavy atom. The summed E-state index contributed by atoms with van der Waals surface area (Å²) in [6, 6.07) is 0. The zero-order valence-electron chi connectivity index (χ0n) is 11.1. The van der Waals surface area contributed by atoms with Crippen molar-refractivity contribution in [3.8, 4) is 0 Å². The maximum atomic E-state index is 8.57. The van der Waals surface area contributed by atoms with E-state index in [4.69, 9.17) is 15.7 Å². The molecule has 1 aliphatic rings. The minimum Gasteiger partial charge on any atom is -0.382 e. The van der Waals surface area contributed by atoms with Gasteiger partial charge in [0.25, 0.3) is 0 Å². The number of aromatic nitrogens is 4. The largest absolute Gasteiger partial charge is 0.382 e. The van der Waals surface area contributed by atoms with Gasteiger partial charge in [-0.25, -0.2) is 19.8 Å². The summed E-state index contributed by atoms with van der Waals surface area (Å²) in [5.74, 6) is 0.666. The van der Waals surface area contributed by atoms with Crippen LogP contribution in [-0.4, -0.2) is 37.5 Å². The lowest BCUT2D eigenvalue weighted by Crippen LogP contribution is -2.17. The summed E-state index contributed by atoms with van der Waals surface area (Å²) in [7, 11) is 0. The summed E-state index contributed by atoms with van der Waals surface area (Å²) in [5.41, 5.74) is 7.03. The molecule has 1 aliphatic heterocycles. The van der Waals surface area contributed by atoms with Crippen LogP contribution >= 0.6 is 0 Å². The standard InChI is InChI=1S/C12H17N5O3/c1-2-7-3-8(4-19-18)20-12(7)17-6-16-9-10(13)14-5-15-11(9)17/h5-8,12,18H,2-4H2,1H3,(H2,13,14,15)/t7-,8?,12?/m1/s1. The summed E-state index contributed by atoms with van der Waals surface area (Å²) in [4.78, 5) is 16.6. The zero-order valence-corrected chi connectivity index (χ0v) is 11.1. The van der Waals surface area contributed by atoms with E-state index < -0.39 is 0 Å². The van der Waals surface area contributed by atoms with Gasteiger partial charge in [-0.2, -0.15) is 0 Å². The van der Waals surface area contributed by atoms with Crippen LogP contribution in [0.5, 0.6) is 0 Å². The van der Waals surface area contributed by atoms with E-state index in [2.05, 4.69) is 26.8 Å². The number of fused-ring (bicyclic) bond motifs is 1. The monoisotopic (exact) mass is 279 g/mol. The summed E-state index contributed by atoms with van der Waals surface area (Å²) < 4.78 is 7.81. The van der Waals surface area contributed by atoms with E-state index in [1.54, 1.807) is 6.33 Å². The minimum atomic E-state index is -0.181. The number of imidazole rings is 1. The maximum absolute atomic E-state index is 8.57. The fourth-order valence-corrected chi connectivity index (χ4v) is 2.73. The van der Waals surface area contributed by atoms with Crippen molar-refractivity contribution in [2.24, 2.45) is 5.92 Å². The highest BCUT2D eigenvalue weighted by molar-refractivity contribution is 5.81. The predicted molar refractivity (Wildman–Crippen MR) is 70.6 cm³/mol. The fourth-order valence-electron chi connectivity index (χ4n) is 2.73. The molecule has 0 amide bonds. The second kappa shape index (κ2) is 5.31. The molecular formula is C12H17N5O3. The van der Waals surface area contributed by atoms with Gasteiger partial charge in [0.15, 0.2) is 11.5 Å². The highest BCUT2D eigenvalue weighted by Gasteiger charge is 2.36. The number of hydrogen-bond donors (Lipinski definition) is 2. The third-order valence-corrected chi connectivity index (χ3v) is 3.75. The van der Waals surface area contributed by atoms with Gasteiger partial charge in [-0.15, -0.1) is 0 Å². The summed E-state index contributed by atoms with van der Waals surface area (Å²) in [6.07, 6.45) is 4.55. The molecule has 0 aliphatic carbocycles. The van der Waals surface area contributed by atoms with Crippen LogP contribution < -0.4 is 5.73 Å². The van der Waals surface area contributed by atoms with Crippen LogP contribution in [0.25, 0.3) is 11.2 Å². The van der Waals surface area contributed by atoms with Gasteiger partial charge in [-0.3, -0.25) is 9.82 Å². The smallest absolute Gasteiger partial charge is 0.167 e. The van der Waals surface area contributed by atoms with Gasteiger partial charge in [0.2, 0.25) is 0 Å². The summed E-state index contributed by atoms with van der Waals surface area (Å²) in [6.45, 7) is 2.27. The predicted octanol–water partition coefficient (Wildman–Crippen LogP) is 1.21.